The molecule has 2 aromatic carbocycles. The lowest BCUT2D eigenvalue weighted by Gasteiger charge is -2.15. The van der Waals surface area contributed by atoms with Crippen molar-refractivity contribution in [3.8, 4) is 0 Å². The predicted octanol–water partition coefficient (Wildman–Crippen LogP) is 2.57. The molecular weight excluding hydrogens is 330 g/mol. The van der Waals surface area contributed by atoms with Gasteiger partial charge in [-0.05, 0) is 22.4 Å². The van der Waals surface area contributed by atoms with E-state index in [1.807, 2.05) is 42.5 Å². The van der Waals surface area contributed by atoms with Gasteiger partial charge in [0.2, 0.25) is 0 Å². The zero-order valence-corrected chi connectivity index (χ0v) is 14.3. The van der Waals surface area contributed by atoms with Crippen LogP contribution in [-0.2, 0) is 11.3 Å². The number of aliphatic hydroxyl groups is 1. The number of hydrogen-bond donors (Lipinski definition) is 2. The van der Waals surface area contributed by atoms with Crippen molar-refractivity contribution in [2.75, 3.05) is 19.0 Å². The summed E-state index contributed by atoms with van der Waals surface area (Å²) in [5.74, 6) is 1.20. The van der Waals surface area contributed by atoms with Gasteiger partial charge in [-0.25, -0.2) is 4.98 Å². The lowest BCUT2D eigenvalue weighted by Crippen LogP contribution is -2.15. The summed E-state index contributed by atoms with van der Waals surface area (Å²) in [6, 6.07) is 15.9. The first kappa shape index (κ1) is 16.4. The van der Waals surface area contributed by atoms with Crippen LogP contribution in [0.2, 0.25) is 0 Å². The van der Waals surface area contributed by atoms with Crippen LogP contribution in [0.15, 0.2) is 54.9 Å². The highest BCUT2D eigenvalue weighted by Crippen LogP contribution is 2.21. The SMILES string of the molecule is COCc1cc(NCC(O)c2ccc3ccccc3c2)n2ncnc2n1. The fourth-order valence-electron chi connectivity index (χ4n) is 2.94. The van der Waals surface area contributed by atoms with Gasteiger partial charge in [-0.2, -0.15) is 14.6 Å². The molecule has 1 atom stereocenters. The summed E-state index contributed by atoms with van der Waals surface area (Å²) >= 11 is 0. The zero-order valence-electron chi connectivity index (χ0n) is 14.3. The summed E-state index contributed by atoms with van der Waals surface area (Å²) in [6.07, 6.45) is 0.793. The monoisotopic (exact) mass is 349 g/mol. The maximum absolute atomic E-state index is 10.6. The van der Waals surface area contributed by atoms with E-state index >= 15 is 0 Å². The minimum atomic E-state index is -0.655. The minimum absolute atomic E-state index is 0.337. The molecule has 0 saturated carbocycles. The van der Waals surface area contributed by atoms with E-state index in [0.29, 0.717) is 24.7 Å². The van der Waals surface area contributed by atoms with Crippen LogP contribution in [0.5, 0.6) is 0 Å². The molecule has 0 aliphatic carbocycles. The van der Waals surface area contributed by atoms with Crippen molar-refractivity contribution in [1.29, 1.82) is 0 Å². The molecule has 7 heteroatoms. The molecule has 26 heavy (non-hydrogen) atoms. The normalized spacial score (nSPS) is 12.5. The Kier molecular flexibility index (Phi) is 4.47. The third-order valence-corrected chi connectivity index (χ3v) is 4.23. The molecule has 7 nitrogen and oxygen atoms in total. The summed E-state index contributed by atoms with van der Waals surface area (Å²) < 4.78 is 6.75. The number of methoxy groups -OCH3 is 1. The van der Waals surface area contributed by atoms with Crippen LogP contribution >= 0.6 is 0 Å². The van der Waals surface area contributed by atoms with Crippen LogP contribution in [0.25, 0.3) is 16.6 Å². The maximum Gasteiger partial charge on any atom is 0.254 e. The van der Waals surface area contributed by atoms with Crippen LogP contribution in [-0.4, -0.2) is 38.3 Å². The van der Waals surface area contributed by atoms with E-state index in [4.69, 9.17) is 4.74 Å². The Morgan fingerprint density at radius 2 is 2.00 bits per heavy atom. The van der Waals surface area contributed by atoms with Gasteiger partial charge in [0.15, 0.2) is 0 Å². The highest BCUT2D eigenvalue weighted by atomic mass is 16.5. The summed E-state index contributed by atoms with van der Waals surface area (Å²) in [6.45, 7) is 0.717. The van der Waals surface area contributed by atoms with Crippen molar-refractivity contribution >= 4 is 22.4 Å². The van der Waals surface area contributed by atoms with Crippen molar-refractivity contribution in [1.82, 2.24) is 19.6 Å². The van der Waals surface area contributed by atoms with Gasteiger partial charge in [0.1, 0.15) is 12.1 Å². The van der Waals surface area contributed by atoms with Crippen LogP contribution < -0.4 is 5.32 Å². The molecule has 0 saturated heterocycles. The number of nitrogens with zero attached hydrogens (tertiary/aromatic N) is 4. The summed E-state index contributed by atoms with van der Waals surface area (Å²) in [4.78, 5) is 8.49. The summed E-state index contributed by atoms with van der Waals surface area (Å²) in [7, 11) is 1.62. The van der Waals surface area contributed by atoms with Gasteiger partial charge in [0, 0.05) is 19.7 Å². The van der Waals surface area contributed by atoms with E-state index in [1.54, 1.807) is 11.6 Å². The quantitative estimate of drug-likeness (QED) is 0.556. The Balaban J connectivity index is 1.55. The zero-order chi connectivity index (χ0) is 17.9. The number of benzene rings is 2. The van der Waals surface area contributed by atoms with Crippen molar-refractivity contribution in [2.45, 2.75) is 12.7 Å². The van der Waals surface area contributed by atoms with Gasteiger partial charge >= 0.3 is 0 Å². The number of rotatable bonds is 6. The first-order chi connectivity index (χ1) is 12.7. The maximum atomic E-state index is 10.6. The molecular formula is C19H19N5O2. The number of fused-ring (bicyclic) bond motifs is 2. The standard InChI is InChI=1S/C19H19N5O2/c1-26-11-16-9-18(24-19(23-16)21-12-22-24)20-10-17(25)15-7-6-13-4-2-3-5-14(13)8-15/h2-9,12,17,20,25H,10-11H2,1H3. The van der Waals surface area contributed by atoms with E-state index in [1.165, 1.54) is 6.33 Å². The molecule has 2 aromatic heterocycles. The van der Waals surface area contributed by atoms with Crippen LogP contribution in [0, 0.1) is 0 Å². The molecule has 0 fully saturated rings. The Morgan fingerprint density at radius 3 is 2.85 bits per heavy atom. The Hall–Kier alpha value is -3.03. The molecule has 2 heterocycles. The number of aliphatic hydroxyl groups excluding tert-OH is 1. The Bertz CT molecular complexity index is 1050. The van der Waals surface area contributed by atoms with E-state index in [0.717, 1.165) is 22.0 Å². The van der Waals surface area contributed by atoms with E-state index in [2.05, 4.69) is 26.4 Å². The van der Waals surface area contributed by atoms with E-state index < -0.39 is 6.10 Å². The number of ether oxygens (including phenoxy) is 1. The number of anilines is 1. The highest BCUT2D eigenvalue weighted by Gasteiger charge is 2.11. The second-order valence-electron chi connectivity index (χ2n) is 6.04. The molecule has 4 rings (SSSR count). The largest absolute Gasteiger partial charge is 0.387 e. The third kappa shape index (κ3) is 3.22. The number of hydrogen-bond acceptors (Lipinski definition) is 6. The molecule has 0 radical (unpaired) electrons. The Labute approximate surface area is 150 Å². The second kappa shape index (κ2) is 7.07. The highest BCUT2D eigenvalue weighted by molar-refractivity contribution is 5.83. The molecule has 0 amide bonds. The van der Waals surface area contributed by atoms with Crippen LogP contribution in [0.4, 0.5) is 5.82 Å². The van der Waals surface area contributed by atoms with Gasteiger partial charge < -0.3 is 15.2 Å². The van der Waals surface area contributed by atoms with Crippen molar-refractivity contribution in [2.24, 2.45) is 0 Å². The van der Waals surface area contributed by atoms with Gasteiger partial charge in [0.25, 0.3) is 5.78 Å². The molecule has 4 aromatic rings. The molecule has 0 aliphatic rings. The predicted molar refractivity (Wildman–Crippen MR) is 98.9 cm³/mol. The summed E-state index contributed by atoms with van der Waals surface area (Å²) in [5, 5.41) is 20.2. The number of nitrogens with one attached hydrogen (secondary N) is 1. The Morgan fingerprint density at radius 1 is 1.15 bits per heavy atom. The van der Waals surface area contributed by atoms with Gasteiger partial charge in [0.05, 0.1) is 18.4 Å². The van der Waals surface area contributed by atoms with E-state index in [9.17, 15) is 5.11 Å². The van der Waals surface area contributed by atoms with E-state index in [-0.39, 0.29) is 0 Å². The fourth-order valence-corrected chi connectivity index (χ4v) is 2.94. The third-order valence-electron chi connectivity index (χ3n) is 4.23. The molecule has 0 bridgehead atoms. The number of aromatic nitrogens is 4. The average molecular weight is 349 g/mol. The summed E-state index contributed by atoms with van der Waals surface area (Å²) in [5.41, 5.74) is 1.60. The first-order valence-corrected chi connectivity index (χ1v) is 8.34. The van der Waals surface area contributed by atoms with Crippen molar-refractivity contribution in [3.63, 3.8) is 0 Å². The molecule has 132 valence electrons. The van der Waals surface area contributed by atoms with Gasteiger partial charge in [-0.15, -0.1) is 0 Å². The average Bonchev–Trinajstić information content (AvgIpc) is 3.14. The topological polar surface area (TPSA) is 84.6 Å². The lowest BCUT2D eigenvalue weighted by molar-refractivity contribution is 0.181. The lowest BCUT2D eigenvalue weighted by atomic mass is 10.0. The van der Waals surface area contributed by atoms with Gasteiger partial charge in [-0.3, -0.25) is 0 Å². The molecule has 2 N–H and O–H groups in total. The smallest absolute Gasteiger partial charge is 0.254 e. The van der Waals surface area contributed by atoms with Gasteiger partial charge in [-0.1, -0.05) is 36.4 Å². The fraction of sp³-hybridized carbons (Fsp3) is 0.211. The molecule has 0 spiro atoms. The molecule has 0 aliphatic heterocycles. The van der Waals surface area contributed by atoms with Crippen LogP contribution in [0.3, 0.4) is 0 Å². The van der Waals surface area contributed by atoms with Crippen molar-refractivity contribution in [3.05, 3.63) is 66.1 Å². The van der Waals surface area contributed by atoms with Crippen molar-refractivity contribution < 1.29 is 9.84 Å². The molecule has 1 unspecified atom stereocenters. The second-order valence-corrected chi connectivity index (χ2v) is 6.04. The first-order valence-electron chi connectivity index (χ1n) is 8.34. The van der Waals surface area contributed by atoms with Crippen LogP contribution in [0.1, 0.15) is 17.4 Å². The minimum Gasteiger partial charge on any atom is -0.387 e.